The van der Waals surface area contributed by atoms with E-state index >= 15 is 0 Å². The summed E-state index contributed by atoms with van der Waals surface area (Å²) in [6.07, 6.45) is 5.35. The Hall–Kier alpha value is -3.20. The summed E-state index contributed by atoms with van der Waals surface area (Å²) >= 11 is 0. The average Bonchev–Trinajstić information content (AvgIpc) is 3.36. The zero-order chi connectivity index (χ0) is 19.6. The van der Waals surface area contributed by atoms with Gasteiger partial charge in [-0.2, -0.15) is 0 Å². The summed E-state index contributed by atoms with van der Waals surface area (Å²) in [5, 5.41) is 0. The molecule has 142 valence electrons. The van der Waals surface area contributed by atoms with E-state index in [0.717, 1.165) is 17.5 Å². The quantitative estimate of drug-likeness (QED) is 0.554. The number of carbonyl (C=O) groups is 1. The van der Waals surface area contributed by atoms with E-state index in [0.29, 0.717) is 12.1 Å². The molecular formula is C26H20FNO. The van der Waals surface area contributed by atoms with E-state index in [2.05, 4.69) is 36.4 Å². The highest BCUT2D eigenvalue weighted by molar-refractivity contribution is 5.95. The van der Waals surface area contributed by atoms with Crippen LogP contribution in [0.25, 0.3) is 0 Å². The van der Waals surface area contributed by atoms with Crippen LogP contribution in [0.1, 0.15) is 39.5 Å². The maximum Gasteiger partial charge on any atom is 0.254 e. The first kappa shape index (κ1) is 16.7. The molecule has 1 aliphatic heterocycles. The minimum Gasteiger partial charge on any atom is -0.327 e. The molecule has 2 nitrogen and oxygen atoms in total. The molecular weight excluding hydrogens is 361 g/mol. The molecule has 0 N–H and O–H groups in total. The van der Waals surface area contributed by atoms with Crippen molar-refractivity contribution < 1.29 is 9.18 Å². The normalized spacial score (nSPS) is 28.4. The van der Waals surface area contributed by atoms with E-state index in [-0.39, 0.29) is 28.6 Å². The van der Waals surface area contributed by atoms with Gasteiger partial charge in [0.2, 0.25) is 0 Å². The number of nitrogens with zero attached hydrogens (tertiary/aromatic N) is 1. The molecule has 1 saturated carbocycles. The first-order valence-electron chi connectivity index (χ1n) is 10.1. The molecule has 0 saturated heterocycles. The minimum absolute atomic E-state index is 0.00491. The number of halogens is 1. The standard InChI is InChI=1S/C26H20FNO/c27-20-12-13-22-21(16-20)23-25(17-26(22,25)19-10-5-2-6-11-19)14-7-15-28(23)24(29)18-8-3-1-4-9-18/h1-14,16,23H,15,17H2/t23-,25+,26+/m1/s1. The van der Waals surface area contributed by atoms with Gasteiger partial charge in [-0.15, -0.1) is 0 Å². The lowest BCUT2D eigenvalue weighted by Crippen LogP contribution is -2.41. The Labute approximate surface area is 169 Å². The molecule has 0 bridgehead atoms. The summed E-state index contributed by atoms with van der Waals surface area (Å²) in [7, 11) is 0. The number of hydrogen-bond acceptors (Lipinski definition) is 1. The molecule has 6 rings (SSSR count). The Morgan fingerprint density at radius 3 is 2.45 bits per heavy atom. The maximum atomic E-state index is 14.3. The fraction of sp³-hybridized carbons (Fsp3) is 0.192. The largest absolute Gasteiger partial charge is 0.327 e. The number of hydrogen-bond donors (Lipinski definition) is 0. The molecule has 3 aromatic carbocycles. The predicted octanol–water partition coefficient (Wildman–Crippen LogP) is 5.27. The number of amides is 1. The van der Waals surface area contributed by atoms with Gasteiger partial charge >= 0.3 is 0 Å². The van der Waals surface area contributed by atoms with E-state index in [4.69, 9.17) is 0 Å². The molecule has 3 aromatic rings. The smallest absolute Gasteiger partial charge is 0.254 e. The van der Waals surface area contributed by atoms with Crippen molar-refractivity contribution >= 4 is 5.91 Å². The zero-order valence-corrected chi connectivity index (χ0v) is 15.9. The van der Waals surface area contributed by atoms with Crippen LogP contribution >= 0.6 is 0 Å². The maximum absolute atomic E-state index is 14.3. The third-order valence-electron chi connectivity index (χ3n) is 7.06. The lowest BCUT2D eigenvalue weighted by Gasteiger charge is -2.38. The highest BCUT2D eigenvalue weighted by Gasteiger charge is 2.77. The van der Waals surface area contributed by atoms with Crippen molar-refractivity contribution in [2.45, 2.75) is 17.9 Å². The second-order valence-electron chi connectivity index (χ2n) is 8.35. The Morgan fingerprint density at radius 2 is 1.69 bits per heavy atom. The van der Waals surface area contributed by atoms with E-state index in [1.807, 2.05) is 47.4 Å². The summed E-state index contributed by atoms with van der Waals surface area (Å²) in [5.41, 5.74) is 3.64. The van der Waals surface area contributed by atoms with Gasteiger partial charge in [-0.25, -0.2) is 4.39 Å². The van der Waals surface area contributed by atoms with Crippen LogP contribution in [0.4, 0.5) is 4.39 Å². The second kappa shape index (κ2) is 5.66. The van der Waals surface area contributed by atoms with Gasteiger partial charge in [-0.05, 0) is 47.4 Å². The number of rotatable bonds is 2. The van der Waals surface area contributed by atoms with Crippen LogP contribution in [0.2, 0.25) is 0 Å². The fourth-order valence-corrected chi connectivity index (χ4v) is 5.91. The molecule has 3 aliphatic rings. The lowest BCUT2D eigenvalue weighted by atomic mass is 9.83. The van der Waals surface area contributed by atoms with Crippen molar-refractivity contribution in [3.63, 3.8) is 0 Å². The minimum atomic E-state index is -0.245. The van der Waals surface area contributed by atoms with Gasteiger partial charge < -0.3 is 4.90 Å². The molecule has 0 aromatic heterocycles. The van der Waals surface area contributed by atoms with Gasteiger partial charge in [0, 0.05) is 22.9 Å². The van der Waals surface area contributed by atoms with E-state index in [9.17, 15) is 9.18 Å². The van der Waals surface area contributed by atoms with Crippen molar-refractivity contribution in [2.75, 3.05) is 6.54 Å². The van der Waals surface area contributed by atoms with Crippen LogP contribution in [-0.2, 0) is 5.41 Å². The van der Waals surface area contributed by atoms with Crippen molar-refractivity contribution in [1.29, 1.82) is 0 Å². The number of fused-ring (bicyclic) bond motifs is 3. The molecule has 1 fully saturated rings. The molecule has 3 atom stereocenters. The third kappa shape index (κ3) is 2.02. The Morgan fingerprint density at radius 1 is 0.966 bits per heavy atom. The van der Waals surface area contributed by atoms with Gasteiger partial charge in [0.05, 0.1) is 6.04 Å². The SMILES string of the molecule is O=C(c1ccccc1)N1CC=C[C@@]23C[C@]2(c2ccccc2)c2ccc(F)cc2[C@@H]13. The van der Waals surface area contributed by atoms with Crippen LogP contribution in [0.3, 0.4) is 0 Å². The van der Waals surface area contributed by atoms with Gasteiger partial charge in [-0.3, -0.25) is 4.79 Å². The Kier molecular flexibility index (Phi) is 3.27. The van der Waals surface area contributed by atoms with Crippen LogP contribution in [0.15, 0.2) is 91.0 Å². The van der Waals surface area contributed by atoms with Crippen molar-refractivity contribution in [3.05, 3.63) is 119 Å². The number of benzene rings is 3. The Balaban J connectivity index is 1.55. The first-order chi connectivity index (χ1) is 14.2. The lowest BCUT2D eigenvalue weighted by molar-refractivity contribution is 0.0626. The summed E-state index contributed by atoms with van der Waals surface area (Å²) in [5.74, 6) is -0.240. The summed E-state index contributed by atoms with van der Waals surface area (Å²) in [6.45, 7) is 0.543. The monoisotopic (exact) mass is 381 g/mol. The van der Waals surface area contributed by atoms with Crippen molar-refractivity contribution in [3.8, 4) is 0 Å². The van der Waals surface area contributed by atoms with E-state index < -0.39 is 0 Å². The molecule has 3 heteroatoms. The van der Waals surface area contributed by atoms with Gasteiger partial charge in [-0.1, -0.05) is 66.7 Å². The molecule has 2 aliphatic carbocycles. The molecule has 0 radical (unpaired) electrons. The van der Waals surface area contributed by atoms with Gasteiger partial charge in [0.15, 0.2) is 0 Å². The first-order valence-corrected chi connectivity index (χ1v) is 10.1. The summed E-state index contributed by atoms with van der Waals surface area (Å²) in [4.78, 5) is 15.4. The zero-order valence-electron chi connectivity index (χ0n) is 15.9. The number of carbonyl (C=O) groups excluding carboxylic acids is 1. The molecule has 29 heavy (non-hydrogen) atoms. The topological polar surface area (TPSA) is 20.3 Å². The molecule has 1 amide bonds. The van der Waals surface area contributed by atoms with E-state index in [1.165, 1.54) is 5.56 Å². The van der Waals surface area contributed by atoms with Crippen LogP contribution in [0.5, 0.6) is 0 Å². The molecule has 0 unspecified atom stereocenters. The van der Waals surface area contributed by atoms with Crippen LogP contribution < -0.4 is 0 Å². The van der Waals surface area contributed by atoms with Gasteiger partial charge in [0.25, 0.3) is 5.91 Å². The van der Waals surface area contributed by atoms with Crippen LogP contribution in [-0.4, -0.2) is 17.4 Å². The molecule has 1 heterocycles. The van der Waals surface area contributed by atoms with E-state index in [1.54, 1.807) is 12.1 Å². The molecule has 1 spiro atoms. The van der Waals surface area contributed by atoms with Crippen LogP contribution in [0, 0.1) is 11.2 Å². The fourth-order valence-electron chi connectivity index (χ4n) is 5.91. The predicted molar refractivity (Wildman–Crippen MR) is 110 cm³/mol. The highest BCUT2D eigenvalue weighted by atomic mass is 19.1. The van der Waals surface area contributed by atoms with Crippen molar-refractivity contribution in [1.82, 2.24) is 4.90 Å². The Bertz CT molecular complexity index is 1160. The highest BCUT2D eigenvalue weighted by Crippen LogP contribution is 2.80. The summed E-state index contributed by atoms with van der Waals surface area (Å²) in [6, 6.07) is 24.8. The third-order valence-corrected chi connectivity index (χ3v) is 7.06. The summed E-state index contributed by atoms with van der Waals surface area (Å²) < 4.78 is 14.3. The second-order valence-corrected chi connectivity index (χ2v) is 8.35. The van der Waals surface area contributed by atoms with Gasteiger partial charge in [0.1, 0.15) is 5.82 Å². The average molecular weight is 381 g/mol. The van der Waals surface area contributed by atoms with Crippen molar-refractivity contribution in [2.24, 2.45) is 5.41 Å².